The molecule has 8 heteroatoms. The summed E-state index contributed by atoms with van der Waals surface area (Å²) >= 11 is 0. The predicted octanol–water partition coefficient (Wildman–Crippen LogP) is 4.20. The Morgan fingerprint density at radius 1 is 1.13 bits per heavy atom. The van der Waals surface area contributed by atoms with Gasteiger partial charge >= 0.3 is 0 Å². The molecule has 2 N–H and O–H groups in total. The number of anilines is 2. The Bertz CT molecular complexity index is 1010. The van der Waals surface area contributed by atoms with Crippen LogP contribution in [0.25, 0.3) is 11.1 Å². The largest absolute Gasteiger partial charge is 0.489 e. The number of ether oxygens (including phenoxy) is 1. The van der Waals surface area contributed by atoms with E-state index in [1.54, 1.807) is 12.3 Å². The summed E-state index contributed by atoms with van der Waals surface area (Å²) in [5.74, 6) is 0.399. The first-order chi connectivity index (χ1) is 14.4. The zero-order chi connectivity index (χ0) is 21.7. The van der Waals surface area contributed by atoms with Crippen molar-refractivity contribution in [3.8, 4) is 16.9 Å². The maximum absolute atomic E-state index is 12.3. The van der Waals surface area contributed by atoms with Crippen molar-refractivity contribution in [1.29, 1.82) is 0 Å². The first-order valence-corrected chi connectivity index (χ1v) is 10.1. The fourth-order valence-corrected chi connectivity index (χ4v) is 2.92. The van der Waals surface area contributed by atoms with Crippen LogP contribution in [0.3, 0.4) is 0 Å². The molecule has 158 valence electrons. The highest BCUT2D eigenvalue weighted by atomic mass is 16.5. The molecule has 0 unspecified atom stereocenters. The van der Waals surface area contributed by atoms with Crippen molar-refractivity contribution in [3.05, 3.63) is 48.5 Å². The highest BCUT2D eigenvalue weighted by Crippen LogP contribution is 2.34. The third-order valence-electron chi connectivity index (χ3n) is 4.35. The minimum atomic E-state index is -0.280. The topological polar surface area (TPSA) is 94.0 Å². The summed E-state index contributed by atoms with van der Waals surface area (Å²) < 4.78 is 7.98. The predicted molar refractivity (Wildman–Crippen MR) is 117 cm³/mol. The van der Waals surface area contributed by atoms with E-state index in [0.29, 0.717) is 18.0 Å². The Labute approximate surface area is 176 Å². The first-order valence-electron chi connectivity index (χ1n) is 10.1. The van der Waals surface area contributed by atoms with E-state index in [0.717, 1.165) is 16.8 Å². The van der Waals surface area contributed by atoms with Gasteiger partial charge in [0.25, 0.3) is 5.91 Å². The molecule has 0 saturated heterocycles. The van der Waals surface area contributed by atoms with E-state index in [1.165, 1.54) is 0 Å². The summed E-state index contributed by atoms with van der Waals surface area (Å²) in [4.78, 5) is 12.3. The Kier molecular flexibility index (Phi) is 6.66. The number of nitrogens with zero attached hydrogens (tertiary/aromatic N) is 4. The van der Waals surface area contributed by atoms with E-state index < -0.39 is 0 Å². The zero-order valence-corrected chi connectivity index (χ0v) is 18.0. The van der Waals surface area contributed by atoms with E-state index in [1.807, 2.05) is 56.0 Å². The summed E-state index contributed by atoms with van der Waals surface area (Å²) in [6.45, 7) is 10.5. The SMILES string of the molecule is CCNC(=O)c1nnccc1Nc1ccc(-c2cnn(C(C)C)c2)cc1OC(C)C. The Morgan fingerprint density at radius 2 is 1.93 bits per heavy atom. The van der Waals surface area contributed by atoms with E-state index in [2.05, 4.69) is 39.8 Å². The second kappa shape index (κ2) is 9.39. The minimum absolute atomic E-state index is 0.0161. The standard InChI is InChI=1S/C22H28N6O2/c1-6-23-22(29)21-19(9-10-24-27-21)26-18-8-7-16(11-20(18)30-15(4)5)17-12-25-28(13-17)14(2)3/h7-15H,6H2,1-5H3,(H,23,29)(H,24,26). The maximum Gasteiger partial charge on any atom is 0.273 e. The van der Waals surface area contributed by atoms with Gasteiger partial charge in [0.2, 0.25) is 0 Å². The van der Waals surface area contributed by atoms with Crippen LogP contribution in [-0.4, -0.2) is 38.5 Å². The average molecular weight is 409 g/mol. The molecule has 2 heterocycles. The van der Waals surface area contributed by atoms with Crippen molar-refractivity contribution in [2.75, 3.05) is 11.9 Å². The lowest BCUT2D eigenvalue weighted by Crippen LogP contribution is -2.25. The summed E-state index contributed by atoms with van der Waals surface area (Å²) in [5.41, 5.74) is 3.54. The summed E-state index contributed by atoms with van der Waals surface area (Å²) in [6, 6.07) is 7.92. The number of carbonyl (C=O) groups excluding carboxylic acids is 1. The number of hydrogen-bond donors (Lipinski definition) is 2. The lowest BCUT2D eigenvalue weighted by atomic mass is 10.1. The molecule has 1 aromatic carbocycles. The lowest BCUT2D eigenvalue weighted by molar-refractivity contribution is 0.0950. The number of hydrogen-bond acceptors (Lipinski definition) is 6. The lowest BCUT2D eigenvalue weighted by Gasteiger charge is -2.17. The molecule has 0 fully saturated rings. The van der Waals surface area contributed by atoms with Crippen molar-refractivity contribution >= 4 is 17.3 Å². The molecule has 0 radical (unpaired) electrons. The van der Waals surface area contributed by atoms with Crippen LogP contribution in [0.1, 0.15) is 51.1 Å². The van der Waals surface area contributed by atoms with E-state index in [4.69, 9.17) is 4.74 Å². The third-order valence-corrected chi connectivity index (χ3v) is 4.35. The summed E-state index contributed by atoms with van der Waals surface area (Å²) in [5, 5.41) is 18.3. The highest BCUT2D eigenvalue weighted by Gasteiger charge is 2.16. The number of rotatable bonds is 8. The Morgan fingerprint density at radius 3 is 2.60 bits per heavy atom. The molecule has 3 rings (SSSR count). The monoisotopic (exact) mass is 408 g/mol. The fourth-order valence-electron chi connectivity index (χ4n) is 2.92. The Hall–Kier alpha value is -3.42. The molecular formula is C22H28N6O2. The van der Waals surface area contributed by atoms with Gasteiger partial charge < -0.3 is 15.4 Å². The number of aromatic nitrogens is 4. The second-order valence-corrected chi connectivity index (χ2v) is 7.46. The van der Waals surface area contributed by atoms with Gasteiger partial charge in [0.1, 0.15) is 5.75 Å². The van der Waals surface area contributed by atoms with Gasteiger partial charge in [-0.05, 0) is 58.4 Å². The fraction of sp³-hybridized carbons (Fsp3) is 0.364. The minimum Gasteiger partial charge on any atom is -0.489 e. The molecule has 0 aliphatic rings. The molecule has 0 aliphatic carbocycles. The Balaban J connectivity index is 1.96. The van der Waals surface area contributed by atoms with E-state index >= 15 is 0 Å². The van der Waals surface area contributed by atoms with Crippen LogP contribution in [0.5, 0.6) is 5.75 Å². The molecule has 0 bridgehead atoms. The number of nitrogens with one attached hydrogen (secondary N) is 2. The third kappa shape index (κ3) is 4.94. The molecule has 30 heavy (non-hydrogen) atoms. The van der Waals surface area contributed by atoms with Crippen LogP contribution in [0.4, 0.5) is 11.4 Å². The van der Waals surface area contributed by atoms with Crippen molar-refractivity contribution < 1.29 is 9.53 Å². The normalized spacial score (nSPS) is 11.0. The summed E-state index contributed by atoms with van der Waals surface area (Å²) in [6.07, 6.45) is 5.40. The first kappa shape index (κ1) is 21.3. The average Bonchev–Trinajstić information content (AvgIpc) is 3.20. The van der Waals surface area contributed by atoms with Gasteiger partial charge in [-0.3, -0.25) is 9.48 Å². The van der Waals surface area contributed by atoms with Crippen LogP contribution in [0.2, 0.25) is 0 Å². The van der Waals surface area contributed by atoms with E-state index in [9.17, 15) is 4.79 Å². The van der Waals surface area contributed by atoms with Crippen molar-refractivity contribution in [3.63, 3.8) is 0 Å². The van der Waals surface area contributed by atoms with Gasteiger partial charge in [-0.25, -0.2) is 0 Å². The molecule has 0 spiro atoms. The molecule has 0 aliphatic heterocycles. The van der Waals surface area contributed by atoms with Crippen LogP contribution in [0.15, 0.2) is 42.9 Å². The van der Waals surface area contributed by atoms with Crippen LogP contribution in [-0.2, 0) is 0 Å². The summed E-state index contributed by atoms with van der Waals surface area (Å²) in [7, 11) is 0. The van der Waals surface area contributed by atoms with Crippen molar-refractivity contribution in [1.82, 2.24) is 25.3 Å². The number of amides is 1. The van der Waals surface area contributed by atoms with E-state index in [-0.39, 0.29) is 23.7 Å². The molecule has 3 aromatic rings. The van der Waals surface area contributed by atoms with Crippen molar-refractivity contribution in [2.45, 2.75) is 46.8 Å². The second-order valence-electron chi connectivity index (χ2n) is 7.46. The molecule has 2 aromatic heterocycles. The molecule has 0 atom stereocenters. The van der Waals surface area contributed by atoms with Crippen LogP contribution >= 0.6 is 0 Å². The maximum atomic E-state index is 12.3. The van der Waals surface area contributed by atoms with Gasteiger partial charge in [-0.2, -0.15) is 10.2 Å². The van der Waals surface area contributed by atoms with Gasteiger partial charge in [0, 0.05) is 24.3 Å². The molecular weight excluding hydrogens is 380 g/mol. The van der Waals surface area contributed by atoms with Gasteiger partial charge in [-0.15, -0.1) is 5.10 Å². The van der Waals surface area contributed by atoms with Crippen molar-refractivity contribution in [2.24, 2.45) is 0 Å². The van der Waals surface area contributed by atoms with Gasteiger partial charge in [0.15, 0.2) is 5.69 Å². The number of carbonyl (C=O) groups is 1. The molecule has 8 nitrogen and oxygen atoms in total. The molecule has 0 saturated carbocycles. The zero-order valence-electron chi connectivity index (χ0n) is 18.0. The van der Waals surface area contributed by atoms with Crippen LogP contribution < -0.4 is 15.4 Å². The quantitative estimate of drug-likeness (QED) is 0.580. The highest BCUT2D eigenvalue weighted by molar-refractivity contribution is 5.98. The number of benzene rings is 1. The van der Waals surface area contributed by atoms with Gasteiger partial charge in [0.05, 0.1) is 29.9 Å². The van der Waals surface area contributed by atoms with Crippen LogP contribution in [0, 0.1) is 0 Å². The smallest absolute Gasteiger partial charge is 0.273 e. The van der Waals surface area contributed by atoms with Gasteiger partial charge in [-0.1, -0.05) is 6.07 Å². The molecule has 1 amide bonds.